The van der Waals surface area contributed by atoms with Gasteiger partial charge in [0, 0.05) is 12.8 Å². The third kappa shape index (κ3) is 3.61. The van der Waals surface area contributed by atoms with Crippen molar-refractivity contribution in [3.8, 4) is 0 Å². The van der Waals surface area contributed by atoms with Crippen molar-refractivity contribution in [3.63, 3.8) is 0 Å². The van der Waals surface area contributed by atoms with E-state index >= 15 is 0 Å². The van der Waals surface area contributed by atoms with Gasteiger partial charge in [0.1, 0.15) is 11.7 Å². The molecule has 6 nitrogen and oxygen atoms in total. The Hall–Kier alpha value is -0.690. The lowest BCUT2D eigenvalue weighted by molar-refractivity contribution is -0.279. The topological polar surface area (TPSA) is 96.2 Å². The van der Waals surface area contributed by atoms with E-state index in [9.17, 15) is 20.1 Å². The molecule has 0 spiro atoms. The first-order valence-electron chi connectivity index (χ1n) is 15.2. The largest absolute Gasteiger partial charge is 0.462 e. The van der Waals surface area contributed by atoms with E-state index in [0.717, 1.165) is 38.5 Å². The molecule has 3 N–H and O–H groups in total. The second-order valence-electron chi connectivity index (χ2n) is 16.2. The fraction of sp³-hybridized carbons (Fsp3) is 0.969. The number of aliphatic hydroxyl groups is 3. The molecule has 1 saturated heterocycles. The maximum Gasteiger partial charge on any atom is 0.302 e. The van der Waals surface area contributed by atoms with Gasteiger partial charge in [-0.2, -0.15) is 0 Å². The molecule has 0 bridgehead atoms. The number of fused-ring (bicyclic) bond motifs is 5. The van der Waals surface area contributed by atoms with Gasteiger partial charge in [0.2, 0.25) is 0 Å². The number of rotatable bonds is 3. The van der Waals surface area contributed by atoms with Crippen molar-refractivity contribution >= 4 is 5.97 Å². The van der Waals surface area contributed by atoms with Crippen molar-refractivity contribution in [1.29, 1.82) is 0 Å². The summed E-state index contributed by atoms with van der Waals surface area (Å²) in [6.07, 6.45) is 6.45. The quantitative estimate of drug-likeness (QED) is 0.420. The number of hydrogen-bond acceptors (Lipinski definition) is 6. The van der Waals surface area contributed by atoms with E-state index in [0.29, 0.717) is 31.1 Å². The number of carbonyl (C=O) groups is 1. The fourth-order valence-electron chi connectivity index (χ4n) is 11.3. The van der Waals surface area contributed by atoms with E-state index in [4.69, 9.17) is 9.47 Å². The first-order chi connectivity index (χ1) is 17.3. The first-order valence-corrected chi connectivity index (χ1v) is 15.2. The standard InChI is InChI=1S/C32H54O6/c1-19(33)37-20-18-22-28(6)13-11-23(34)26(2,3)21(28)10-14-29(22,7)30(8)16-17-32(36,25(20)30)31(9)15-12-24(38-31)27(4,5)35/h20-25,34-36H,10-18H2,1-9H3/t20-,21?,22?,23-,24+,25?,28+,29-,30-,31?,32-/m1/s1. The average Bonchev–Trinajstić information content (AvgIpc) is 3.34. The number of hydrogen-bond donors (Lipinski definition) is 3. The summed E-state index contributed by atoms with van der Waals surface area (Å²) in [5, 5.41) is 34.5. The van der Waals surface area contributed by atoms with E-state index in [2.05, 4.69) is 34.6 Å². The minimum atomic E-state index is -1.16. The van der Waals surface area contributed by atoms with Crippen LogP contribution in [0.15, 0.2) is 0 Å². The zero-order valence-electron chi connectivity index (χ0n) is 25.4. The van der Waals surface area contributed by atoms with Crippen LogP contribution in [0.5, 0.6) is 0 Å². The molecule has 218 valence electrons. The van der Waals surface area contributed by atoms with Crippen LogP contribution in [0, 0.1) is 39.4 Å². The zero-order chi connectivity index (χ0) is 28.3. The Labute approximate surface area is 230 Å². The molecule has 38 heavy (non-hydrogen) atoms. The molecule has 0 amide bonds. The van der Waals surface area contributed by atoms with Gasteiger partial charge in [0.25, 0.3) is 0 Å². The molecule has 4 unspecified atom stereocenters. The second kappa shape index (κ2) is 8.42. The third-order valence-electron chi connectivity index (χ3n) is 13.7. The average molecular weight is 535 g/mol. The lowest BCUT2D eigenvalue weighted by Gasteiger charge is -2.71. The smallest absolute Gasteiger partial charge is 0.302 e. The van der Waals surface area contributed by atoms with Gasteiger partial charge in [0.05, 0.1) is 23.4 Å². The highest BCUT2D eigenvalue weighted by molar-refractivity contribution is 5.66. The van der Waals surface area contributed by atoms with E-state index < -0.39 is 22.9 Å². The van der Waals surface area contributed by atoms with Crippen molar-refractivity contribution in [2.75, 3.05) is 0 Å². The molecular weight excluding hydrogens is 480 g/mol. The molecule has 11 atom stereocenters. The minimum absolute atomic E-state index is 0.0303. The molecular formula is C32H54O6. The van der Waals surface area contributed by atoms with Crippen LogP contribution in [-0.4, -0.2) is 56.4 Å². The molecule has 0 radical (unpaired) electrons. The van der Waals surface area contributed by atoms with Gasteiger partial charge >= 0.3 is 5.97 Å². The minimum Gasteiger partial charge on any atom is -0.462 e. The Morgan fingerprint density at radius 1 is 0.895 bits per heavy atom. The lowest BCUT2D eigenvalue weighted by atomic mass is 9.35. The highest BCUT2D eigenvalue weighted by Gasteiger charge is 2.76. The summed E-state index contributed by atoms with van der Waals surface area (Å²) in [6, 6.07) is 0. The van der Waals surface area contributed by atoms with Crippen LogP contribution in [0.25, 0.3) is 0 Å². The Morgan fingerprint density at radius 3 is 2.13 bits per heavy atom. The predicted molar refractivity (Wildman–Crippen MR) is 146 cm³/mol. The summed E-state index contributed by atoms with van der Waals surface area (Å²) in [7, 11) is 0. The molecule has 6 heteroatoms. The predicted octanol–water partition coefficient (Wildman–Crippen LogP) is 5.40. The Kier molecular flexibility index (Phi) is 6.39. The molecule has 4 saturated carbocycles. The second-order valence-corrected chi connectivity index (χ2v) is 16.2. The third-order valence-corrected chi connectivity index (χ3v) is 13.7. The van der Waals surface area contributed by atoms with Crippen LogP contribution >= 0.6 is 0 Å². The highest BCUT2D eigenvalue weighted by Crippen LogP contribution is 2.77. The SMILES string of the molecule is CC(=O)O[C@@H]1CC2[C@@]3(C)CC[C@@H](O)C(C)(C)C3CC[C@@]2(C)[C@]2(C)CC[C@](O)(C3(C)CC[C@@H](C(C)(C)O)O3)C12. The molecule has 0 aromatic heterocycles. The molecule has 0 aromatic rings. The number of ether oxygens (including phenoxy) is 2. The van der Waals surface area contributed by atoms with E-state index in [1.807, 2.05) is 6.92 Å². The van der Waals surface area contributed by atoms with Crippen LogP contribution in [0.1, 0.15) is 120 Å². The van der Waals surface area contributed by atoms with Gasteiger partial charge in [-0.25, -0.2) is 0 Å². The van der Waals surface area contributed by atoms with Crippen molar-refractivity contribution < 1.29 is 29.6 Å². The van der Waals surface area contributed by atoms with Gasteiger partial charge in [-0.3, -0.25) is 4.79 Å². The van der Waals surface area contributed by atoms with Crippen molar-refractivity contribution in [2.45, 2.75) is 155 Å². The van der Waals surface area contributed by atoms with Gasteiger partial charge in [-0.1, -0.05) is 34.6 Å². The summed E-state index contributed by atoms with van der Waals surface area (Å²) in [5.74, 6) is 0.195. The van der Waals surface area contributed by atoms with Crippen molar-refractivity contribution in [3.05, 3.63) is 0 Å². The van der Waals surface area contributed by atoms with Crippen molar-refractivity contribution in [2.24, 2.45) is 39.4 Å². The van der Waals surface area contributed by atoms with Crippen LogP contribution in [0.4, 0.5) is 0 Å². The summed E-state index contributed by atoms with van der Waals surface area (Å²) in [6.45, 7) is 18.8. The van der Waals surface area contributed by atoms with Crippen LogP contribution in [0.3, 0.4) is 0 Å². The zero-order valence-corrected chi connectivity index (χ0v) is 25.4. The highest BCUT2D eigenvalue weighted by atomic mass is 16.6. The normalized spacial score (nSPS) is 54.1. The molecule has 1 heterocycles. The maximum absolute atomic E-state index is 12.8. The van der Waals surface area contributed by atoms with E-state index in [-0.39, 0.29) is 45.8 Å². The van der Waals surface area contributed by atoms with Gasteiger partial charge in [0.15, 0.2) is 0 Å². The Bertz CT molecular complexity index is 971. The van der Waals surface area contributed by atoms with E-state index in [1.54, 1.807) is 13.8 Å². The molecule has 5 rings (SSSR count). The molecule has 0 aromatic carbocycles. The molecule has 5 fully saturated rings. The monoisotopic (exact) mass is 534 g/mol. The Morgan fingerprint density at radius 2 is 1.55 bits per heavy atom. The van der Waals surface area contributed by atoms with Crippen molar-refractivity contribution in [1.82, 2.24) is 0 Å². The number of aliphatic hydroxyl groups excluding tert-OH is 1. The van der Waals surface area contributed by atoms with Gasteiger partial charge < -0.3 is 24.8 Å². The lowest BCUT2D eigenvalue weighted by Crippen LogP contribution is -2.70. The van der Waals surface area contributed by atoms with Gasteiger partial charge in [-0.15, -0.1) is 0 Å². The summed E-state index contributed by atoms with van der Waals surface area (Å²) < 4.78 is 12.8. The summed E-state index contributed by atoms with van der Waals surface area (Å²) in [4.78, 5) is 12.5. The van der Waals surface area contributed by atoms with Crippen LogP contribution in [-0.2, 0) is 14.3 Å². The fourth-order valence-corrected chi connectivity index (χ4v) is 11.3. The molecule has 4 aliphatic carbocycles. The van der Waals surface area contributed by atoms with Crippen LogP contribution < -0.4 is 0 Å². The number of carbonyl (C=O) groups excluding carboxylic acids is 1. The maximum atomic E-state index is 12.8. The summed E-state index contributed by atoms with van der Waals surface area (Å²) in [5.41, 5.74) is -3.36. The Balaban J connectivity index is 1.58. The van der Waals surface area contributed by atoms with E-state index in [1.165, 1.54) is 6.92 Å². The first kappa shape index (κ1) is 28.8. The number of esters is 1. The molecule has 1 aliphatic heterocycles. The van der Waals surface area contributed by atoms with Crippen LogP contribution in [0.2, 0.25) is 0 Å². The summed E-state index contributed by atoms with van der Waals surface area (Å²) >= 11 is 0. The molecule has 5 aliphatic rings. The van der Waals surface area contributed by atoms with Gasteiger partial charge in [-0.05, 0) is 112 Å².